The van der Waals surface area contributed by atoms with Crippen LogP contribution in [0.15, 0.2) is 12.4 Å². The molecule has 1 saturated carbocycles. The highest BCUT2D eigenvalue weighted by Crippen LogP contribution is 2.41. The molecule has 0 radical (unpaired) electrons. The van der Waals surface area contributed by atoms with Crippen molar-refractivity contribution >= 4 is 0 Å². The number of hydrogen-bond donors (Lipinski definition) is 1. The zero-order valence-corrected chi connectivity index (χ0v) is 10.2. The van der Waals surface area contributed by atoms with Crippen LogP contribution in [0.4, 0.5) is 13.2 Å². The maximum Gasteiger partial charge on any atom is 0.451 e. The van der Waals surface area contributed by atoms with E-state index < -0.39 is 12.0 Å². The Hall–Kier alpha value is -1.17. The van der Waals surface area contributed by atoms with Gasteiger partial charge in [-0.1, -0.05) is 19.8 Å². The number of hydrogen-bond acceptors (Lipinski definition) is 3. The van der Waals surface area contributed by atoms with Gasteiger partial charge >= 0.3 is 6.18 Å². The van der Waals surface area contributed by atoms with Gasteiger partial charge in [0.2, 0.25) is 5.82 Å². The molecule has 0 aliphatic heterocycles. The Bertz CT molecular complexity index is 412. The summed E-state index contributed by atoms with van der Waals surface area (Å²) in [7, 11) is 0. The molecule has 1 aliphatic carbocycles. The lowest BCUT2D eigenvalue weighted by Gasteiger charge is -2.28. The molecule has 0 unspecified atom stereocenters. The SMILES string of the molecule is C[C@](CN)(CC1CC1)c1cnc(C(F)(F)F)nc1. The number of halogens is 3. The molecule has 1 heterocycles. The summed E-state index contributed by atoms with van der Waals surface area (Å²) in [5.74, 6) is -0.460. The van der Waals surface area contributed by atoms with Gasteiger partial charge in [-0.05, 0) is 17.9 Å². The number of alkyl halides is 3. The van der Waals surface area contributed by atoms with Gasteiger partial charge in [-0.2, -0.15) is 13.2 Å². The van der Waals surface area contributed by atoms with Gasteiger partial charge in [-0.25, -0.2) is 9.97 Å². The molecule has 1 atom stereocenters. The van der Waals surface area contributed by atoms with Crippen molar-refractivity contribution in [2.75, 3.05) is 6.54 Å². The predicted octanol–water partition coefficient (Wildman–Crippen LogP) is 2.51. The van der Waals surface area contributed by atoms with Crippen LogP contribution >= 0.6 is 0 Å². The molecule has 3 nitrogen and oxygen atoms in total. The second kappa shape index (κ2) is 4.50. The molecule has 1 aliphatic rings. The van der Waals surface area contributed by atoms with Crippen LogP contribution in [0, 0.1) is 5.92 Å². The van der Waals surface area contributed by atoms with Crippen molar-refractivity contribution in [1.82, 2.24) is 9.97 Å². The van der Waals surface area contributed by atoms with Crippen molar-refractivity contribution in [3.8, 4) is 0 Å². The Balaban J connectivity index is 2.21. The van der Waals surface area contributed by atoms with Crippen molar-refractivity contribution in [3.63, 3.8) is 0 Å². The normalized spacial score (nSPS) is 19.6. The molecule has 0 saturated heterocycles. The van der Waals surface area contributed by atoms with Crippen LogP contribution in [0.1, 0.15) is 37.6 Å². The fourth-order valence-electron chi connectivity index (χ4n) is 2.06. The van der Waals surface area contributed by atoms with Gasteiger partial charge in [0.15, 0.2) is 0 Å². The van der Waals surface area contributed by atoms with Gasteiger partial charge in [0.1, 0.15) is 0 Å². The molecule has 0 amide bonds. The maximum absolute atomic E-state index is 12.4. The van der Waals surface area contributed by atoms with Gasteiger partial charge in [0, 0.05) is 24.4 Å². The molecule has 6 heteroatoms. The summed E-state index contributed by atoms with van der Waals surface area (Å²) in [6.45, 7) is 2.34. The standard InChI is InChI=1S/C12H16F3N3/c1-11(7-16,4-8-2-3-8)9-5-17-10(18-6-9)12(13,14)15/h5-6,8H,2-4,7,16H2,1H3/t11-/m1/s1. The van der Waals surface area contributed by atoms with Crippen LogP contribution in [0.3, 0.4) is 0 Å². The van der Waals surface area contributed by atoms with Crippen molar-refractivity contribution in [1.29, 1.82) is 0 Å². The van der Waals surface area contributed by atoms with Crippen LogP contribution in [0.25, 0.3) is 0 Å². The summed E-state index contributed by atoms with van der Waals surface area (Å²) in [5.41, 5.74) is 6.12. The van der Waals surface area contributed by atoms with Gasteiger partial charge < -0.3 is 5.73 Å². The summed E-state index contributed by atoms with van der Waals surface area (Å²) in [6, 6.07) is 0. The number of nitrogens with two attached hydrogens (primary N) is 1. The minimum absolute atomic E-state index is 0.328. The molecule has 100 valence electrons. The molecule has 0 spiro atoms. The number of rotatable bonds is 4. The average molecular weight is 259 g/mol. The zero-order chi connectivity index (χ0) is 13.4. The van der Waals surface area contributed by atoms with Crippen molar-refractivity contribution in [2.24, 2.45) is 11.7 Å². The third-order valence-electron chi connectivity index (χ3n) is 3.49. The van der Waals surface area contributed by atoms with Gasteiger partial charge in [-0.3, -0.25) is 0 Å². The van der Waals surface area contributed by atoms with Crippen molar-refractivity contribution < 1.29 is 13.2 Å². The first-order valence-electron chi connectivity index (χ1n) is 5.95. The second-order valence-corrected chi connectivity index (χ2v) is 5.21. The third-order valence-corrected chi connectivity index (χ3v) is 3.49. The minimum Gasteiger partial charge on any atom is -0.330 e. The molecule has 0 aromatic carbocycles. The lowest BCUT2D eigenvalue weighted by molar-refractivity contribution is -0.145. The van der Waals surface area contributed by atoms with Crippen molar-refractivity contribution in [3.05, 3.63) is 23.8 Å². The Morgan fingerprint density at radius 1 is 1.28 bits per heavy atom. The van der Waals surface area contributed by atoms with E-state index in [4.69, 9.17) is 5.73 Å². The molecule has 1 aromatic rings. The van der Waals surface area contributed by atoms with Gasteiger partial charge in [0.05, 0.1) is 0 Å². The monoisotopic (exact) mass is 259 g/mol. The van der Waals surface area contributed by atoms with Crippen LogP contribution in [0.5, 0.6) is 0 Å². The molecular formula is C12H16F3N3. The van der Waals surface area contributed by atoms with E-state index in [0.29, 0.717) is 18.0 Å². The smallest absolute Gasteiger partial charge is 0.330 e. The molecular weight excluding hydrogens is 243 g/mol. The highest BCUT2D eigenvalue weighted by Gasteiger charge is 2.37. The lowest BCUT2D eigenvalue weighted by atomic mass is 9.79. The van der Waals surface area contributed by atoms with Gasteiger partial charge in [0.25, 0.3) is 0 Å². The van der Waals surface area contributed by atoms with E-state index in [-0.39, 0.29) is 5.41 Å². The Labute approximate surface area is 104 Å². The summed E-state index contributed by atoms with van der Waals surface area (Å²) >= 11 is 0. The quantitative estimate of drug-likeness (QED) is 0.903. The first kappa shape index (κ1) is 13.3. The van der Waals surface area contributed by atoms with Gasteiger partial charge in [-0.15, -0.1) is 0 Å². The second-order valence-electron chi connectivity index (χ2n) is 5.21. The van der Waals surface area contributed by atoms with Crippen LogP contribution in [0.2, 0.25) is 0 Å². The average Bonchev–Trinajstić information content (AvgIpc) is 3.12. The molecule has 18 heavy (non-hydrogen) atoms. The van der Waals surface area contributed by atoms with Crippen LogP contribution in [-0.2, 0) is 11.6 Å². The van der Waals surface area contributed by atoms with E-state index in [9.17, 15) is 13.2 Å². The molecule has 2 N–H and O–H groups in total. The first-order chi connectivity index (χ1) is 8.35. The van der Waals surface area contributed by atoms with Crippen molar-refractivity contribution in [2.45, 2.75) is 37.8 Å². The number of aromatic nitrogens is 2. The summed E-state index contributed by atoms with van der Waals surface area (Å²) < 4.78 is 37.1. The summed E-state index contributed by atoms with van der Waals surface area (Å²) in [4.78, 5) is 6.80. The maximum atomic E-state index is 12.4. The van der Waals surface area contributed by atoms with Crippen LogP contribution in [-0.4, -0.2) is 16.5 Å². The molecule has 2 rings (SSSR count). The highest BCUT2D eigenvalue weighted by atomic mass is 19.4. The zero-order valence-electron chi connectivity index (χ0n) is 10.2. The van der Waals surface area contributed by atoms with E-state index in [2.05, 4.69) is 9.97 Å². The first-order valence-corrected chi connectivity index (χ1v) is 5.95. The minimum atomic E-state index is -4.49. The van der Waals surface area contributed by atoms with E-state index in [0.717, 1.165) is 6.42 Å². The highest BCUT2D eigenvalue weighted by molar-refractivity contribution is 5.20. The van der Waals surface area contributed by atoms with E-state index in [1.165, 1.54) is 25.2 Å². The molecule has 1 fully saturated rings. The summed E-state index contributed by atoms with van der Waals surface area (Å²) in [5, 5.41) is 0. The Morgan fingerprint density at radius 3 is 2.22 bits per heavy atom. The summed E-state index contributed by atoms with van der Waals surface area (Å²) in [6.07, 6.45) is 1.26. The molecule has 0 bridgehead atoms. The Morgan fingerprint density at radius 2 is 1.83 bits per heavy atom. The van der Waals surface area contributed by atoms with E-state index in [1.807, 2.05) is 6.92 Å². The van der Waals surface area contributed by atoms with E-state index in [1.54, 1.807) is 0 Å². The fourth-order valence-corrected chi connectivity index (χ4v) is 2.06. The van der Waals surface area contributed by atoms with Crippen LogP contribution < -0.4 is 5.73 Å². The fraction of sp³-hybridized carbons (Fsp3) is 0.667. The third kappa shape index (κ3) is 2.80. The molecule has 1 aromatic heterocycles. The lowest BCUT2D eigenvalue weighted by Crippen LogP contribution is -2.33. The largest absolute Gasteiger partial charge is 0.451 e. The predicted molar refractivity (Wildman–Crippen MR) is 60.8 cm³/mol. The van der Waals surface area contributed by atoms with E-state index >= 15 is 0 Å². The number of nitrogens with zero attached hydrogens (tertiary/aromatic N) is 2. The topological polar surface area (TPSA) is 51.8 Å². The Kier molecular flexibility index (Phi) is 3.31.